The Kier molecular flexibility index (Phi) is 4.74. The first kappa shape index (κ1) is 19.9. The van der Waals surface area contributed by atoms with Gasteiger partial charge in [-0.2, -0.15) is 0 Å². The molecule has 1 aromatic rings. The Bertz CT molecular complexity index is 881. The maximum absolute atomic E-state index is 13.3. The van der Waals surface area contributed by atoms with E-state index in [0.717, 1.165) is 41.5 Å². The molecule has 1 amide bonds. The number of anilines is 1. The number of carboxylic acids is 1. The molecule has 31 heavy (non-hydrogen) atoms. The van der Waals surface area contributed by atoms with Crippen LogP contribution in [0.4, 0.5) is 5.82 Å². The third-order valence-corrected chi connectivity index (χ3v) is 9.57. The van der Waals surface area contributed by atoms with Crippen LogP contribution in [0.3, 0.4) is 0 Å². The van der Waals surface area contributed by atoms with Crippen LogP contribution in [-0.2, 0) is 4.79 Å². The molecular weight excluding hydrogens is 410 g/mol. The first-order valence-corrected chi connectivity index (χ1v) is 12.9. The van der Waals surface area contributed by atoms with E-state index in [1.54, 1.807) is 11.8 Å². The second-order valence-corrected chi connectivity index (χ2v) is 11.7. The molecule has 7 heteroatoms. The average molecular weight is 442 g/mol. The van der Waals surface area contributed by atoms with Gasteiger partial charge >= 0.3 is 5.97 Å². The van der Waals surface area contributed by atoms with Gasteiger partial charge in [0.2, 0.25) is 0 Å². The van der Waals surface area contributed by atoms with Crippen LogP contribution in [0, 0.1) is 41.4 Å². The lowest BCUT2D eigenvalue weighted by atomic mass is 9.54. The molecule has 0 spiro atoms. The van der Waals surface area contributed by atoms with Crippen molar-refractivity contribution in [2.24, 2.45) is 41.4 Å². The van der Waals surface area contributed by atoms with E-state index < -0.39 is 5.97 Å². The number of piperidine rings is 1. The van der Waals surface area contributed by atoms with Crippen LogP contribution < -0.4 is 10.2 Å². The third-order valence-electron chi connectivity index (χ3n) is 8.70. The van der Waals surface area contributed by atoms with Gasteiger partial charge in [-0.3, -0.25) is 9.59 Å². The zero-order valence-electron chi connectivity index (χ0n) is 18.0. The maximum atomic E-state index is 13.3. The quantitative estimate of drug-likeness (QED) is 0.658. The molecule has 2 N–H and O–H groups in total. The Morgan fingerprint density at radius 3 is 2.32 bits per heavy atom. The molecule has 6 aliphatic rings. The van der Waals surface area contributed by atoms with Crippen molar-refractivity contribution in [2.75, 3.05) is 23.7 Å². The monoisotopic (exact) mass is 441 g/mol. The smallest absolute Gasteiger partial charge is 0.307 e. The number of carboxylic acid groups (broad SMARTS) is 1. The number of amides is 1. The number of hydrogen-bond acceptors (Lipinski definition) is 5. The van der Waals surface area contributed by atoms with Crippen LogP contribution in [0.15, 0.2) is 17.2 Å². The first-order chi connectivity index (χ1) is 15.0. The van der Waals surface area contributed by atoms with Crippen molar-refractivity contribution in [2.45, 2.75) is 50.1 Å². The van der Waals surface area contributed by atoms with Crippen LogP contribution in [0.1, 0.15) is 49.4 Å². The Hall–Kier alpha value is -1.76. The van der Waals surface area contributed by atoms with E-state index in [1.165, 1.54) is 32.1 Å². The lowest BCUT2D eigenvalue weighted by Gasteiger charge is -2.54. The summed E-state index contributed by atoms with van der Waals surface area (Å²) in [7, 11) is 0. The van der Waals surface area contributed by atoms with E-state index in [4.69, 9.17) is 4.98 Å². The molecule has 0 aromatic carbocycles. The van der Waals surface area contributed by atoms with E-state index in [2.05, 4.69) is 17.1 Å². The lowest BCUT2D eigenvalue weighted by molar-refractivity contribution is -0.139. The van der Waals surface area contributed by atoms with Gasteiger partial charge in [-0.05, 0) is 85.5 Å². The Labute approximate surface area is 187 Å². The minimum atomic E-state index is -0.665. The van der Waals surface area contributed by atoms with Crippen molar-refractivity contribution in [3.63, 3.8) is 0 Å². The standard InChI is InChI=1S/C24H31N3O3S/c1-2-31-23-16(3-4-19(25-23)27-10-17-18(11-27)20(17)24(29)30)22(28)26-21-14-6-12-5-13(8-14)9-15(21)7-12/h3-4,12-15,17-18,20-21H,2,5-11H2,1H3,(H,26,28)(H,29,30)/t12?,13?,14?,15?,17-,18?,20?,21?/m0/s1. The normalized spacial score (nSPS) is 39.5. The van der Waals surface area contributed by atoms with Gasteiger partial charge in [0.25, 0.3) is 5.91 Å². The highest BCUT2D eigenvalue weighted by Crippen LogP contribution is 2.54. The molecule has 4 bridgehead atoms. The Morgan fingerprint density at radius 1 is 1.10 bits per heavy atom. The van der Waals surface area contributed by atoms with Gasteiger partial charge in [-0.15, -0.1) is 11.8 Å². The zero-order chi connectivity index (χ0) is 21.3. The SMILES string of the molecule is CCSc1nc(N2CC3C(C(=O)O)[C@H]3C2)ccc1C(=O)NC1C2CC3CC(C2)CC1C3. The largest absolute Gasteiger partial charge is 0.481 e. The average Bonchev–Trinajstić information content (AvgIpc) is 3.25. The number of hydrogen-bond donors (Lipinski definition) is 2. The first-order valence-electron chi connectivity index (χ1n) is 11.9. The van der Waals surface area contributed by atoms with Crippen LogP contribution in [0.25, 0.3) is 0 Å². The minimum absolute atomic E-state index is 0.0303. The fraction of sp³-hybridized carbons (Fsp3) is 0.708. The number of carbonyl (C=O) groups is 2. The molecule has 6 nitrogen and oxygen atoms in total. The molecule has 1 aromatic heterocycles. The van der Waals surface area contributed by atoms with Gasteiger partial charge in [0.05, 0.1) is 11.5 Å². The number of aliphatic carboxylic acids is 1. The lowest BCUT2D eigenvalue weighted by Crippen LogP contribution is -2.55. The summed E-state index contributed by atoms with van der Waals surface area (Å²) in [6.07, 6.45) is 6.59. The summed E-state index contributed by atoms with van der Waals surface area (Å²) in [4.78, 5) is 31.6. The highest BCUT2D eigenvalue weighted by molar-refractivity contribution is 7.99. The molecular formula is C24H31N3O3S. The fourth-order valence-corrected chi connectivity index (χ4v) is 8.24. The van der Waals surface area contributed by atoms with Crippen LogP contribution >= 0.6 is 11.8 Å². The summed E-state index contributed by atoms with van der Waals surface area (Å²) in [5, 5.41) is 13.5. The molecule has 2 heterocycles. The van der Waals surface area contributed by atoms with E-state index in [0.29, 0.717) is 23.4 Å². The predicted molar refractivity (Wildman–Crippen MR) is 119 cm³/mol. The number of pyridine rings is 1. The molecule has 5 aliphatic carbocycles. The summed E-state index contributed by atoms with van der Waals surface area (Å²) in [6, 6.07) is 4.22. The van der Waals surface area contributed by atoms with Crippen molar-refractivity contribution in [3.05, 3.63) is 17.7 Å². The minimum Gasteiger partial charge on any atom is -0.481 e. The van der Waals surface area contributed by atoms with Gasteiger partial charge in [0.15, 0.2) is 0 Å². The van der Waals surface area contributed by atoms with Crippen molar-refractivity contribution in [1.82, 2.24) is 10.3 Å². The Morgan fingerprint density at radius 2 is 1.74 bits per heavy atom. The van der Waals surface area contributed by atoms with Crippen molar-refractivity contribution >= 4 is 29.5 Å². The summed E-state index contributed by atoms with van der Waals surface area (Å²) in [5.74, 6) is 4.55. The molecule has 1 saturated heterocycles. The molecule has 7 rings (SSSR count). The molecule has 2 unspecified atom stereocenters. The van der Waals surface area contributed by atoms with Crippen molar-refractivity contribution < 1.29 is 14.7 Å². The molecule has 1 aliphatic heterocycles. The number of carbonyl (C=O) groups excluding carboxylic acids is 1. The van der Waals surface area contributed by atoms with Crippen LogP contribution in [-0.4, -0.2) is 46.9 Å². The number of nitrogens with one attached hydrogen (secondary N) is 1. The van der Waals surface area contributed by atoms with E-state index in [1.807, 2.05) is 12.1 Å². The van der Waals surface area contributed by atoms with Gasteiger partial charge in [0.1, 0.15) is 10.8 Å². The molecule has 0 radical (unpaired) electrons. The third kappa shape index (κ3) is 3.35. The highest BCUT2D eigenvalue weighted by Gasteiger charge is 2.60. The molecule has 6 fully saturated rings. The van der Waals surface area contributed by atoms with Gasteiger partial charge in [-0.1, -0.05) is 6.92 Å². The number of nitrogens with zero attached hydrogens (tertiary/aromatic N) is 2. The molecule has 3 atom stereocenters. The van der Waals surface area contributed by atoms with Gasteiger partial charge in [-0.25, -0.2) is 4.98 Å². The maximum Gasteiger partial charge on any atom is 0.307 e. The van der Waals surface area contributed by atoms with E-state index in [-0.39, 0.29) is 23.7 Å². The van der Waals surface area contributed by atoms with Crippen molar-refractivity contribution in [1.29, 1.82) is 0 Å². The van der Waals surface area contributed by atoms with Gasteiger partial charge in [0, 0.05) is 19.1 Å². The fourth-order valence-electron chi connectivity index (χ4n) is 7.50. The summed E-state index contributed by atoms with van der Waals surface area (Å²) < 4.78 is 0. The number of thioether (sulfide) groups is 1. The second kappa shape index (κ2) is 7.39. The second-order valence-electron chi connectivity index (χ2n) is 10.5. The number of rotatable bonds is 6. The van der Waals surface area contributed by atoms with Gasteiger partial charge < -0.3 is 15.3 Å². The van der Waals surface area contributed by atoms with E-state index in [9.17, 15) is 14.7 Å². The van der Waals surface area contributed by atoms with Crippen LogP contribution in [0.5, 0.6) is 0 Å². The predicted octanol–water partition coefficient (Wildman–Crippen LogP) is 3.51. The topological polar surface area (TPSA) is 82.5 Å². The summed E-state index contributed by atoms with van der Waals surface area (Å²) >= 11 is 1.62. The van der Waals surface area contributed by atoms with E-state index >= 15 is 0 Å². The summed E-state index contributed by atoms with van der Waals surface area (Å²) in [6.45, 7) is 3.59. The number of aromatic nitrogens is 1. The van der Waals surface area contributed by atoms with Crippen molar-refractivity contribution in [3.8, 4) is 0 Å². The molecule has 166 valence electrons. The summed E-state index contributed by atoms with van der Waals surface area (Å²) in [5.41, 5.74) is 0.692. The molecule has 5 saturated carbocycles. The zero-order valence-corrected chi connectivity index (χ0v) is 18.8. The Balaban J connectivity index is 1.17. The van der Waals surface area contributed by atoms with Crippen LogP contribution in [0.2, 0.25) is 0 Å². The highest BCUT2D eigenvalue weighted by atomic mass is 32.2. The number of fused-ring (bicyclic) bond motifs is 1.